The Morgan fingerprint density at radius 3 is 2.81 bits per heavy atom. The molecule has 0 spiro atoms. The third-order valence-electron chi connectivity index (χ3n) is 2.78. The van der Waals surface area contributed by atoms with E-state index in [0.29, 0.717) is 11.4 Å². The molecular formula is C13H13N5O3. The van der Waals surface area contributed by atoms with Crippen LogP contribution in [0.5, 0.6) is 5.75 Å². The quantitative estimate of drug-likeness (QED) is 0.733. The van der Waals surface area contributed by atoms with E-state index in [2.05, 4.69) is 20.3 Å². The maximum Gasteiger partial charge on any atom is 0.327 e. The summed E-state index contributed by atoms with van der Waals surface area (Å²) >= 11 is 0. The average Bonchev–Trinajstić information content (AvgIpc) is 2.82. The minimum Gasteiger partial charge on any atom is -0.491 e. The van der Waals surface area contributed by atoms with E-state index in [1.165, 1.54) is 4.68 Å². The highest BCUT2D eigenvalue weighted by molar-refractivity contribution is 5.70. The maximum atomic E-state index is 11.6. The van der Waals surface area contributed by atoms with E-state index in [0.717, 1.165) is 0 Å². The van der Waals surface area contributed by atoms with Gasteiger partial charge < -0.3 is 4.74 Å². The highest BCUT2D eigenvalue weighted by Crippen LogP contribution is 2.18. The highest BCUT2D eigenvalue weighted by atomic mass is 16.5. The Morgan fingerprint density at radius 2 is 2.05 bits per heavy atom. The van der Waals surface area contributed by atoms with Gasteiger partial charge in [-0.3, -0.25) is 14.8 Å². The van der Waals surface area contributed by atoms with E-state index in [-0.39, 0.29) is 17.3 Å². The first kappa shape index (κ1) is 13.1. The summed E-state index contributed by atoms with van der Waals surface area (Å²) in [5.74, 6) is 0.665. The number of aromatic nitrogens is 5. The Kier molecular flexibility index (Phi) is 3.05. The van der Waals surface area contributed by atoms with Crippen LogP contribution in [0.2, 0.25) is 0 Å². The highest BCUT2D eigenvalue weighted by Gasteiger charge is 2.11. The fourth-order valence-corrected chi connectivity index (χ4v) is 1.99. The van der Waals surface area contributed by atoms with Crippen molar-refractivity contribution in [2.45, 2.75) is 20.0 Å². The maximum absolute atomic E-state index is 11.6. The van der Waals surface area contributed by atoms with E-state index in [9.17, 15) is 9.59 Å². The van der Waals surface area contributed by atoms with Crippen molar-refractivity contribution in [1.82, 2.24) is 25.0 Å². The van der Waals surface area contributed by atoms with E-state index in [1.54, 1.807) is 18.2 Å². The molecule has 0 amide bonds. The third kappa shape index (κ3) is 2.42. The molecule has 0 bridgehead atoms. The zero-order chi connectivity index (χ0) is 15.0. The van der Waals surface area contributed by atoms with Crippen molar-refractivity contribution in [2.75, 3.05) is 0 Å². The van der Waals surface area contributed by atoms with Gasteiger partial charge in [0.1, 0.15) is 5.75 Å². The van der Waals surface area contributed by atoms with Crippen LogP contribution in [0.4, 0.5) is 0 Å². The first-order chi connectivity index (χ1) is 10.0. The summed E-state index contributed by atoms with van der Waals surface area (Å²) in [6.45, 7) is 3.85. The van der Waals surface area contributed by atoms with Gasteiger partial charge in [0.2, 0.25) is 0 Å². The Labute approximate surface area is 118 Å². The van der Waals surface area contributed by atoms with Gasteiger partial charge in [-0.1, -0.05) is 11.3 Å². The van der Waals surface area contributed by atoms with Crippen molar-refractivity contribution in [3.8, 4) is 11.4 Å². The van der Waals surface area contributed by atoms with Gasteiger partial charge in [0.25, 0.3) is 5.56 Å². The molecular weight excluding hydrogens is 274 g/mol. The molecule has 2 aromatic heterocycles. The molecule has 0 atom stereocenters. The number of nitrogens with one attached hydrogen (secondary N) is 2. The summed E-state index contributed by atoms with van der Waals surface area (Å²) in [6.07, 6.45) is 0.0374. The summed E-state index contributed by atoms with van der Waals surface area (Å²) in [5, 5.41) is 7.69. The standard InChI is InChI=1S/C13H13N5O3/c1-7(2)21-9-5-3-4-8(6-9)18-11-10(16-17-18)12(19)15-13(20)14-11/h3-7H,1-2H3,(H2,14,15,19,20). The van der Waals surface area contributed by atoms with Gasteiger partial charge in [0.15, 0.2) is 11.2 Å². The number of H-pyrrole nitrogens is 2. The number of fused-ring (bicyclic) bond motifs is 1. The molecule has 2 heterocycles. The summed E-state index contributed by atoms with van der Waals surface area (Å²) in [7, 11) is 0. The SMILES string of the molecule is CC(C)Oc1cccc(-n2nnc3c(=O)[nH]c(=O)[nH]c32)c1. The van der Waals surface area contributed by atoms with Crippen molar-refractivity contribution in [3.63, 3.8) is 0 Å². The second kappa shape index (κ2) is 4.89. The number of nitrogens with zero attached hydrogens (tertiary/aromatic N) is 3. The fraction of sp³-hybridized carbons (Fsp3) is 0.231. The molecule has 0 saturated heterocycles. The van der Waals surface area contributed by atoms with Crippen molar-refractivity contribution in [2.24, 2.45) is 0 Å². The van der Waals surface area contributed by atoms with Gasteiger partial charge in [-0.15, -0.1) is 5.10 Å². The number of hydrogen-bond acceptors (Lipinski definition) is 5. The third-order valence-corrected chi connectivity index (χ3v) is 2.78. The Balaban J connectivity index is 2.17. The van der Waals surface area contributed by atoms with Crippen molar-refractivity contribution >= 4 is 11.2 Å². The van der Waals surface area contributed by atoms with Gasteiger partial charge in [0.05, 0.1) is 11.8 Å². The van der Waals surface area contributed by atoms with Gasteiger partial charge in [-0.2, -0.15) is 4.68 Å². The molecule has 0 radical (unpaired) electrons. The molecule has 0 unspecified atom stereocenters. The minimum absolute atomic E-state index is 0.0374. The number of benzene rings is 1. The smallest absolute Gasteiger partial charge is 0.327 e. The molecule has 1 aromatic carbocycles. The van der Waals surface area contributed by atoms with Crippen LogP contribution in [0.25, 0.3) is 16.9 Å². The molecule has 0 saturated carbocycles. The summed E-state index contributed by atoms with van der Waals surface area (Å²) < 4.78 is 7.00. The van der Waals surface area contributed by atoms with Crippen LogP contribution in [0, 0.1) is 0 Å². The number of ether oxygens (including phenoxy) is 1. The zero-order valence-electron chi connectivity index (χ0n) is 11.5. The van der Waals surface area contributed by atoms with E-state index < -0.39 is 11.2 Å². The molecule has 8 heteroatoms. The second-order valence-corrected chi connectivity index (χ2v) is 4.77. The van der Waals surface area contributed by atoms with Crippen molar-refractivity contribution < 1.29 is 4.74 Å². The summed E-state index contributed by atoms with van der Waals surface area (Å²) in [4.78, 5) is 27.7. The summed E-state index contributed by atoms with van der Waals surface area (Å²) in [5.41, 5.74) is -0.229. The van der Waals surface area contributed by atoms with Gasteiger partial charge in [0, 0.05) is 6.07 Å². The molecule has 21 heavy (non-hydrogen) atoms. The lowest BCUT2D eigenvalue weighted by atomic mass is 10.3. The first-order valence-corrected chi connectivity index (χ1v) is 6.39. The average molecular weight is 287 g/mol. The molecule has 3 aromatic rings. The van der Waals surface area contributed by atoms with Crippen LogP contribution in [-0.2, 0) is 0 Å². The Morgan fingerprint density at radius 1 is 1.24 bits per heavy atom. The Bertz CT molecular complexity index is 906. The normalized spacial score (nSPS) is 11.2. The van der Waals surface area contributed by atoms with Gasteiger partial charge in [-0.25, -0.2) is 4.79 Å². The lowest BCUT2D eigenvalue weighted by Gasteiger charge is -2.10. The molecule has 2 N–H and O–H groups in total. The first-order valence-electron chi connectivity index (χ1n) is 6.39. The summed E-state index contributed by atoms with van der Waals surface area (Å²) in [6, 6.07) is 7.15. The number of hydrogen-bond donors (Lipinski definition) is 2. The molecule has 0 fully saturated rings. The van der Waals surface area contributed by atoms with E-state index in [1.807, 2.05) is 19.9 Å². The molecule has 0 aliphatic rings. The molecule has 0 aliphatic carbocycles. The lowest BCUT2D eigenvalue weighted by molar-refractivity contribution is 0.242. The minimum atomic E-state index is -0.606. The Hall–Kier alpha value is -2.90. The monoisotopic (exact) mass is 287 g/mol. The van der Waals surface area contributed by atoms with Crippen molar-refractivity contribution in [1.29, 1.82) is 0 Å². The van der Waals surface area contributed by atoms with Crippen LogP contribution in [0.15, 0.2) is 33.9 Å². The molecule has 8 nitrogen and oxygen atoms in total. The van der Waals surface area contributed by atoms with Crippen LogP contribution >= 0.6 is 0 Å². The second-order valence-electron chi connectivity index (χ2n) is 4.77. The molecule has 0 aliphatic heterocycles. The predicted octanol–water partition coefficient (Wildman–Crippen LogP) is 0.584. The van der Waals surface area contributed by atoms with Crippen molar-refractivity contribution in [3.05, 3.63) is 45.1 Å². The van der Waals surface area contributed by atoms with Gasteiger partial charge >= 0.3 is 5.69 Å². The van der Waals surface area contributed by atoms with Crippen LogP contribution in [0.3, 0.4) is 0 Å². The number of rotatable bonds is 3. The van der Waals surface area contributed by atoms with E-state index >= 15 is 0 Å². The van der Waals surface area contributed by atoms with E-state index in [4.69, 9.17) is 4.74 Å². The lowest BCUT2D eigenvalue weighted by Crippen LogP contribution is -2.22. The van der Waals surface area contributed by atoms with Gasteiger partial charge in [-0.05, 0) is 26.0 Å². The number of aromatic amines is 2. The predicted molar refractivity (Wildman–Crippen MR) is 75.9 cm³/mol. The van der Waals surface area contributed by atoms with Crippen LogP contribution < -0.4 is 16.0 Å². The zero-order valence-corrected chi connectivity index (χ0v) is 11.5. The molecule has 3 rings (SSSR count). The fourth-order valence-electron chi connectivity index (χ4n) is 1.99. The van der Waals surface area contributed by atoms with Crippen LogP contribution in [-0.4, -0.2) is 31.1 Å². The van der Waals surface area contributed by atoms with Crippen LogP contribution in [0.1, 0.15) is 13.8 Å². The topological polar surface area (TPSA) is 106 Å². The largest absolute Gasteiger partial charge is 0.491 e. The molecule has 108 valence electrons.